The van der Waals surface area contributed by atoms with Crippen molar-refractivity contribution < 1.29 is 13.2 Å². The smallest absolute Gasteiger partial charge is 0.264 e. The van der Waals surface area contributed by atoms with E-state index in [4.69, 9.17) is 4.74 Å². The first-order chi connectivity index (χ1) is 17.5. The minimum absolute atomic E-state index is 0.0150. The number of morpholine rings is 1. The Balaban J connectivity index is 1.31. The third kappa shape index (κ3) is 5.19. The lowest BCUT2D eigenvalue weighted by molar-refractivity contribution is 0.122. The van der Waals surface area contributed by atoms with Crippen LogP contribution in [0.3, 0.4) is 0 Å². The molecule has 11 heteroatoms. The lowest BCUT2D eigenvalue weighted by Crippen LogP contribution is -2.36. The average molecular weight is 502 g/mol. The van der Waals surface area contributed by atoms with E-state index in [0.29, 0.717) is 49.3 Å². The average Bonchev–Trinajstić information content (AvgIpc) is 2.90. The Kier molecular flexibility index (Phi) is 6.62. The highest BCUT2D eigenvalue weighted by Gasteiger charge is 2.18. The molecule has 1 saturated heterocycles. The van der Waals surface area contributed by atoms with Crippen LogP contribution in [-0.2, 0) is 14.8 Å². The molecule has 2 N–H and O–H groups in total. The Bertz CT molecular complexity index is 1560. The normalized spacial score (nSPS) is 13.6. The standard InChI is InChI=1S/C25H23N7O3S/c1-2-3-22-21-16-23(28-17-18(21)8-10-26-22)29-19-4-6-20(7-5-19)36(33,34)31-25-27-11-9-24(30-25)32-12-14-35-15-13-32/h4-11,16-17H,12-15H2,1H3,(H,28,29)(H,27,30,31). The zero-order chi connectivity index (χ0) is 25.0. The first kappa shape index (κ1) is 23.5. The van der Waals surface area contributed by atoms with E-state index in [2.05, 4.69) is 41.8 Å². The van der Waals surface area contributed by atoms with Gasteiger partial charge in [-0.05, 0) is 55.3 Å². The summed E-state index contributed by atoms with van der Waals surface area (Å²) in [6.07, 6.45) is 4.98. The molecule has 1 aliphatic rings. The van der Waals surface area contributed by atoms with Gasteiger partial charge in [-0.1, -0.05) is 5.92 Å². The highest BCUT2D eigenvalue weighted by atomic mass is 32.2. The van der Waals surface area contributed by atoms with Gasteiger partial charge in [-0.3, -0.25) is 0 Å². The largest absolute Gasteiger partial charge is 0.378 e. The molecule has 4 heterocycles. The van der Waals surface area contributed by atoms with E-state index in [0.717, 1.165) is 10.8 Å². The fourth-order valence-corrected chi connectivity index (χ4v) is 4.71. The summed E-state index contributed by atoms with van der Waals surface area (Å²) in [5, 5.41) is 5.01. The van der Waals surface area contributed by atoms with Gasteiger partial charge in [0.1, 0.15) is 17.3 Å². The van der Waals surface area contributed by atoms with Gasteiger partial charge >= 0.3 is 0 Å². The first-order valence-corrected chi connectivity index (χ1v) is 12.7. The van der Waals surface area contributed by atoms with Crippen LogP contribution in [0.2, 0.25) is 0 Å². The second-order valence-corrected chi connectivity index (χ2v) is 9.60. The maximum Gasteiger partial charge on any atom is 0.264 e. The van der Waals surface area contributed by atoms with Crippen LogP contribution in [0, 0.1) is 11.8 Å². The predicted molar refractivity (Wildman–Crippen MR) is 138 cm³/mol. The van der Waals surface area contributed by atoms with Crippen molar-refractivity contribution in [2.24, 2.45) is 0 Å². The summed E-state index contributed by atoms with van der Waals surface area (Å²) >= 11 is 0. The number of hydrogen-bond acceptors (Lipinski definition) is 9. The van der Waals surface area contributed by atoms with E-state index in [1.54, 1.807) is 37.5 Å². The number of nitrogens with zero attached hydrogens (tertiary/aromatic N) is 5. The molecule has 0 radical (unpaired) electrons. The molecule has 36 heavy (non-hydrogen) atoms. The van der Waals surface area contributed by atoms with Gasteiger partial charge in [0.15, 0.2) is 0 Å². The lowest BCUT2D eigenvalue weighted by Gasteiger charge is -2.27. The van der Waals surface area contributed by atoms with Gasteiger partial charge < -0.3 is 15.0 Å². The molecule has 182 valence electrons. The number of fused-ring (bicyclic) bond motifs is 1. The second-order valence-electron chi connectivity index (χ2n) is 7.92. The van der Waals surface area contributed by atoms with E-state index in [9.17, 15) is 8.42 Å². The molecule has 1 fully saturated rings. The van der Waals surface area contributed by atoms with Crippen molar-refractivity contribution in [1.29, 1.82) is 0 Å². The SMILES string of the molecule is CC#Cc1nccc2cnc(Nc3ccc(S(=O)(=O)Nc4nccc(N5CCOCC5)n4)cc3)cc12. The molecule has 0 bridgehead atoms. The van der Waals surface area contributed by atoms with E-state index < -0.39 is 10.0 Å². The molecule has 1 aromatic carbocycles. The number of ether oxygens (including phenoxy) is 1. The molecule has 4 aromatic rings. The Labute approximate surface area is 208 Å². The summed E-state index contributed by atoms with van der Waals surface area (Å²) in [4.78, 5) is 19.3. The van der Waals surface area contributed by atoms with Crippen LogP contribution in [0.15, 0.2) is 66.0 Å². The zero-order valence-electron chi connectivity index (χ0n) is 19.5. The third-order valence-electron chi connectivity index (χ3n) is 5.53. The number of nitrogens with one attached hydrogen (secondary N) is 2. The van der Waals surface area contributed by atoms with Crippen molar-refractivity contribution in [3.05, 3.63) is 66.7 Å². The lowest BCUT2D eigenvalue weighted by atomic mass is 10.1. The summed E-state index contributed by atoms with van der Waals surface area (Å²) in [5.74, 6) is 7.13. The van der Waals surface area contributed by atoms with Gasteiger partial charge in [-0.15, -0.1) is 0 Å². The highest BCUT2D eigenvalue weighted by Crippen LogP contribution is 2.23. The van der Waals surface area contributed by atoms with Gasteiger partial charge in [0.25, 0.3) is 10.0 Å². The van der Waals surface area contributed by atoms with Gasteiger partial charge in [-0.25, -0.2) is 28.1 Å². The van der Waals surface area contributed by atoms with Crippen molar-refractivity contribution >= 4 is 44.1 Å². The van der Waals surface area contributed by atoms with Crippen LogP contribution in [0.1, 0.15) is 12.6 Å². The monoisotopic (exact) mass is 501 g/mol. The summed E-state index contributed by atoms with van der Waals surface area (Å²) < 4.78 is 33.7. The molecule has 0 amide bonds. The first-order valence-electron chi connectivity index (χ1n) is 11.2. The van der Waals surface area contributed by atoms with E-state index in [1.807, 2.05) is 17.0 Å². The molecule has 0 saturated carbocycles. The number of sulfonamides is 1. The minimum Gasteiger partial charge on any atom is -0.378 e. The van der Waals surface area contributed by atoms with Gasteiger partial charge in [0, 0.05) is 48.1 Å². The minimum atomic E-state index is -3.88. The van der Waals surface area contributed by atoms with Crippen molar-refractivity contribution in [1.82, 2.24) is 19.9 Å². The number of aromatic nitrogens is 4. The van der Waals surface area contributed by atoms with Gasteiger partial charge in [0.2, 0.25) is 5.95 Å². The molecule has 0 aliphatic carbocycles. The summed E-state index contributed by atoms with van der Waals surface area (Å²) in [6, 6.07) is 11.8. The summed E-state index contributed by atoms with van der Waals surface area (Å²) in [5.41, 5.74) is 1.35. The molecule has 3 aromatic heterocycles. The Morgan fingerprint density at radius 3 is 2.56 bits per heavy atom. The molecule has 10 nitrogen and oxygen atoms in total. The van der Waals surface area contributed by atoms with Crippen molar-refractivity contribution in [3.8, 4) is 11.8 Å². The number of pyridine rings is 2. The maximum atomic E-state index is 12.9. The Morgan fingerprint density at radius 1 is 1.00 bits per heavy atom. The van der Waals surface area contributed by atoms with Crippen LogP contribution in [0.4, 0.5) is 23.3 Å². The summed E-state index contributed by atoms with van der Waals surface area (Å²) in [7, 11) is -3.88. The van der Waals surface area contributed by atoms with E-state index in [1.165, 1.54) is 18.3 Å². The zero-order valence-corrected chi connectivity index (χ0v) is 20.3. The molecule has 5 rings (SSSR count). The molecule has 1 aliphatic heterocycles. The topological polar surface area (TPSA) is 122 Å². The van der Waals surface area contributed by atoms with E-state index >= 15 is 0 Å². The van der Waals surface area contributed by atoms with Crippen molar-refractivity contribution in [2.45, 2.75) is 11.8 Å². The van der Waals surface area contributed by atoms with Crippen LogP contribution in [-0.4, -0.2) is 54.7 Å². The van der Waals surface area contributed by atoms with Crippen LogP contribution >= 0.6 is 0 Å². The maximum absolute atomic E-state index is 12.9. The van der Waals surface area contributed by atoms with Gasteiger partial charge in [0.05, 0.1) is 18.1 Å². The van der Waals surface area contributed by atoms with Gasteiger partial charge in [-0.2, -0.15) is 4.98 Å². The molecular formula is C25H23N7O3S. The fraction of sp³-hybridized carbons (Fsp3) is 0.200. The van der Waals surface area contributed by atoms with Crippen LogP contribution < -0.4 is 14.9 Å². The Hall–Kier alpha value is -4.27. The van der Waals surface area contributed by atoms with Crippen LogP contribution in [0.5, 0.6) is 0 Å². The van der Waals surface area contributed by atoms with E-state index in [-0.39, 0.29) is 10.8 Å². The molecule has 0 unspecified atom stereocenters. The fourth-order valence-electron chi connectivity index (χ4n) is 3.76. The highest BCUT2D eigenvalue weighted by molar-refractivity contribution is 7.92. The molecule has 0 spiro atoms. The number of anilines is 4. The number of rotatable bonds is 6. The number of hydrogen-bond donors (Lipinski definition) is 2. The van der Waals surface area contributed by atoms with Crippen molar-refractivity contribution in [3.63, 3.8) is 0 Å². The van der Waals surface area contributed by atoms with Crippen LogP contribution in [0.25, 0.3) is 10.8 Å². The Morgan fingerprint density at radius 2 is 1.78 bits per heavy atom. The third-order valence-corrected chi connectivity index (χ3v) is 6.87. The second kappa shape index (κ2) is 10.2. The molecular weight excluding hydrogens is 478 g/mol. The predicted octanol–water partition coefficient (Wildman–Crippen LogP) is 3.17. The summed E-state index contributed by atoms with van der Waals surface area (Å²) in [6.45, 7) is 4.34. The number of benzene rings is 1. The molecule has 0 atom stereocenters. The quantitative estimate of drug-likeness (QED) is 0.384. The van der Waals surface area contributed by atoms with Crippen molar-refractivity contribution in [2.75, 3.05) is 41.2 Å².